The average Bonchev–Trinajstić information content (AvgIpc) is 2.18. The van der Waals surface area contributed by atoms with E-state index in [9.17, 15) is 4.79 Å². The molecular weight excluding hydrogens is 182 g/mol. The quantitative estimate of drug-likeness (QED) is 0.522. The number of ether oxygens (including phenoxy) is 2. The largest absolute Gasteiger partial charge is 0.463 e. The van der Waals surface area contributed by atoms with Gasteiger partial charge in [-0.3, -0.25) is 9.78 Å². The Bertz CT molecular complexity index is 274. The van der Waals surface area contributed by atoms with Crippen molar-refractivity contribution in [3.8, 4) is 0 Å². The van der Waals surface area contributed by atoms with Gasteiger partial charge in [0.05, 0.1) is 18.9 Å². The van der Waals surface area contributed by atoms with E-state index in [-0.39, 0.29) is 5.97 Å². The Morgan fingerprint density at radius 2 is 2.29 bits per heavy atom. The molecule has 0 fully saturated rings. The van der Waals surface area contributed by atoms with Crippen molar-refractivity contribution in [3.63, 3.8) is 0 Å². The molecule has 0 radical (unpaired) electrons. The van der Waals surface area contributed by atoms with Gasteiger partial charge in [0.15, 0.2) is 0 Å². The zero-order valence-corrected chi connectivity index (χ0v) is 8.10. The van der Waals surface area contributed by atoms with Gasteiger partial charge in [0.25, 0.3) is 0 Å². The summed E-state index contributed by atoms with van der Waals surface area (Å²) < 4.78 is 9.93. The maximum absolute atomic E-state index is 10.4. The molecule has 0 aliphatic carbocycles. The Balaban J connectivity index is 2.08. The van der Waals surface area contributed by atoms with Gasteiger partial charge in [-0.25, -0.2) is 0 Å². The summed E-state index contributed by atoms with van der Waals surface area (Å²) in [6, 6.07) is 5.63. The number of hydrogen-bond donors (Lipinski definition) is 0. The molecule has 0 bridgehead atoms. The van der Waals surface area contributed by atoms with Crippen LogP contribution in [0.5, 0.6) is 0 Å². The topological polar surface area (TPSA) is 48.4 Å². The van der Waals surface area contributed by atoms with E-state index < -0.39 is 0 Å². The third kappa shape index (κ3) is 4.57. The van der Waals surface area contributed by atoms with Crippen LogP contribution in [0.3, 0.4) is 0 Å². The fourth-order valence-electron chi connectivity index (χ4n) is 0.905. The van der Waals surface area contributed by atoms with Gasteiger partial charge in [-0.05, 0) is 12.1 Å². The Morgan fingerprint density at radius 1 is 1.43 bits per heavy atom. The summed E-state index contributed by atoms with van der Waals surface area (Å²) >= 11 is 0. The number of nitrogens with zero attached hydrogens (tertiary/aromatic N) is 1. The lowest BCUT2D eigenvalue weighted by Crippen LogP contribution is -2.07. The first-order valence-electron chi connectivity index (χ1n) is 4.40. The van der Waals surface area contributed by atoms with Crippen LogP contribution in [-0.4, -0.2) is 24.2 Å². The van der Waals surface area contributed by atoms with Crippen LogP contribution in [0.2, 0.25) is 0 Å². The molecule has 0 atom stereocenters. The van der Waals surface area contributed by atoms with Crippen molar-refractivity contribution in [1.82, 2.24) is 4.98 Å². The van der Waals surface area contributed by atoms with E-state index in [1.165, 1.54) is 6.92 Å². The second-order valence-corrected chi connectivity index (χ2v) is 2.71. The summed E-state index contributed by atoms with van der Waals surface area (Å²) in [4.78, 5) is 14.5. The van der Waals surface area contributed by atoms with E-state index in [0.29, 0.717) is 19.8 Å². The highest BCUT2D eigenvalue weighted by Crippen LogP contribution is 1.95. The average molecular weight is 195 g/mol. The number of aromatic nitrogens is 1. The minimum atomic E-state index is -0.286. The van der Waals surface area contributed by atoms with Gasteiger partial charge < -0.3 is 9.47 Å². The van der Waals surface area contributed by atoms with Crippen LogP contribution in [-0.2, 0) is 20.9 Å². The SMILES string of the molecule is CC(=O)OCCOCc1ccccn1. The smallest absolute Gasteiger partial charge is 0.302 e. The number of rotatable bonds is 5. The van der Waals surface area contributed by atoms with Crippen molar-refractivity contribution < 1.29 is 14.3 Å². The van der Waals surface area contributed by atoms with E-state index in [1.807, 2.05) is 18.2 Å². The normalized spacial score (nSPS) is 9.79. The molecule has 1 aromatic rings. The van der Waals surface area contributed by atoms with Gasteiger partial charge in [-0.1, -0.05) is 6.07 Å². The Kier molecular flexibility index (Phi) is 4.64. The fraction of sp³-hybridized carbons (Fsp3) is 0.400. The molecule has 0 N–H and O–H groups in total. The molecule has 1 heterocycles. The van der Waals surface area contributed by atoms with Crippen LogP contribution in [0.1, 0.15) is 12.6 Å². The van der Waals surface area contributed by atoms with Gasteiger partial charge in [-0.15, -0.1) is 0 Å². The van der Waals surface area contributed by atoms with Gasteiger partial charge in [0.2, 0.25) is 0 Å². The summed E-state index contributed by atoms with van der Waals surface area (Å²) in [6.45, 7) is 2.51. The van der Waals surface area contributed by atoms with Crippen LogP contribution < -0.4 is 0 Å². The highest BCUT2D eigenvalue weighted by molar-refractivity contribution is 5.65. The second-order valence-electron chi connectivity index (χ2n) is 2.71. The highest BCUT2D eigenvalue weighted by Gasteiger charge is 1.94. The minimum Gasteiger partial charge on any atom is -0.463 e. The van der Waals surface area contributed by atoms with Crippen molar-refractivity contribution in [3.05, 3.63) is 30.1 Å². The zero-order chi connectivity index (χ0) is 10.2. The molecule has 0 saturated carbocycles. The van der Waals surface area contributed by atoms with E-state index >= 15 is 0 Å². The second kappa shape index (κ2) is 6.10. The highest BCUT2D eigenvalue weighted by atomic mass is 16.6. The molecule has 0 spiro atoms. The van der Waals surface area contributed by atoms with Gasteiger partial charge >= 0.3 is 5.97 Å². The summed E-state index contributed by atoms with van der Waals surface area (Å²) in [5, 5.41) is 0. The summed E-state index contributed by atoms with van der Waals surface area (Å²) in [7, 11) is 0. The minimum absolute atomic E-state index is 0.286. The number of hydrogen-bond acceptors (Lipinski definition) is 4. The predicted octanol–water partition coefficient (Wildman–Crippen LogP) is 1.16. The fourth-order valence-corrected chi connectivity index (χ4v) is 0.905. The van der Waals surface area contributed by atoms with E-state index in [2.05, 4.69) is 4.98 Å². The van der Waals surface area contributed by atoms with Crippen molar-refractivity contribution in [2.75, 3.05) is 13.2 Å². The van der Waals surface area contributed by atoms with Gasteiger partial charge in [0.1, 0.15) is 6.61 Å². The van der Waals surface area contributed by atoms with Gasteiger partial charge in [-0.2, -0.15) is 0 Å². The third-order valence-corrected chi connectivity index (χ3v) is 1.51. The molecule has 14 heavy (non-hydrogen) atoms. The van der Waals surface area contributed by atoms with Crippen molar-refractivity contribution in [2.45, 2.75) is 13.5 Å². The first-order valence-corrected chi connectivity index (χ1v) is 4.40. The van der Waals surface area contributed by atoms with E-state index in [4.69, 9.17) is 9.47 Å². The monoisotopic (exact) mass is 195 g/mol. The maximum Gasteiger partial charge on any atom is 0.302 e. The molecule has 0 unspecified atom stereocenters. The van der Waals surface area contributed by atoms with Crippen LogP contribution in [0.4, 0.5) is 0 Å². The molecule has 0 amide bonds. The van der Waals surface area contributed by atoms with Crippen LogP contribution >= 0.6 is 0 Å². The van der Waals surface area contributed by atoms with Crippen LogP contribution in [0.25, 0.3) is 0 Å². The third-order valence-electron chi connectivity index (χ3n) is 1.51. The molecule has 4 nitrogen and oxygen atoms in total. The van der Waals surface area contributed by atoms with Crippen LogP contribution in [0, 0.1) is 0 Å². The molecule has 1 aromatic heterocycles. The molecule has 4 heteroatoms. The van der Waals surface area contributed by atoms with Crippen molar-refractivity contribution >= 4 is 5.97 Å². The number of carbonyl (C=O) groups is 1. The molecule has 76 valence electrons. The van der Waals surface area contributed by atoms with Gasteiger partial charge in [0, 0.05) is 13.1 Å². The first-order chi connectivity index (χ1) is 6.79. The Hall–Kier alpha value is -1.42. The summed E-state index contributed by atoms with van der Waals surface area (Å²) in [5.41, 5.74) is 0.871. The first kappa shape index (κ1) is 10.7. The lowest BCUT2D eigenvalue weighted by atomic mass is 10.4. The molecule has 1 rings (SSSR count). The standard InChI is InChI=1S/C10H13NO3/c1-9(12)14-7-6-13-8-10-4-2-3-5-11-10/h2-5H,6-8H2,1H3. The van der Waals surface area contributed by atoms with E-state index in [1.54, 1.807) is 6.20 Å². The Labute approximate surface area is 82.9 Å². The number of carbonyl (C=O) groups excluding carboxylic acids is 1. The van der Waals surface area contributed by atoms with Crippen LogP contribution in [0.15, 0.2) is 24.4 Å². The van der Waals surface area contributed by atoms with E-state index in [0.717, 1.165) is 5.69 Å². The molecule has 0 saturated heterocycles. The van der Waals surface area contributed by atoms with Crippen molar-refractivity contribution in [1.29, 1.82) is 0 Å². The zero-order valence-electron chi connectivity index (χ0n) is 8.10. The predicted molar refractivity (Wildman–Crippen MR) is 50.5 cm³/mol. The molecular formula is C10H13NO3. The maximum atomic E-state index is 10.4. The molecule has 0 aliphatic rings. The van der Waals surface area contributed by atoms with Crippen molar-refractivity contribution in [2.24, 2.45) is 0 Å². The number of pyridine rings is 1. The molecule has 0 aliphatic heterocycles. The summed E-state index contributed by atoms with van der Waals surface area (Å²) in [5.74, 6) is -0.286. The number of esters is 1. The lowest BCUT2D eigenvalue weighted by Gasteiger charge is -2.03. The summed E-state index contributed by atoms with van der Waals surface area (Å²) in [6.07, 6.45) is 1.71. The molecule has 0 aromatic carbocycles. The lowest BCUT2D eigenvalue weighted by molar-refractivity contribution is -0.142. The Morgan fingerprint density at radius 3 is 2.93 bits per heavy atom.